The second-order valence-corrected chi connectivity index (χ2v) is 4.81. The van der Waals surface area contributed by atoms with E-state index in [1.807, 2.05) is 6.07 Å². The summed E-state index contributed by atoms with van der Waals surface area (Å²) in [5.41, 5.74) is -0.0175. The number of nitrogens with zero attached hydrogens (tertiary/aromatic N) is 3. The van der Waals surface area contributed by atoms with Crippen LogP contribution in [0.5, 0.6) is 5.75 Å². The van der Waals surface area contributed by atoms with Crippen LogP contribution in [0, 0.1) is 11.3 Å². The molecule has 1 aromatic carbocycles. The van der Waals surface area contributed by atoms with E-state index in [0.29, 0.717) is 11.3 Å². The standard InChI is InChI=1S/C17H13F3N4O/c1-3-13(8-7-11(2)16-15(10-21)22-24-23-16)25-14-6-4-5-12(9-14)17(18,19)20/h3-9H,2H2,1H3,(H,22,23,24)/b8-7-,13-3+. The minimum absolute atomic E-state index is 0.0531. The van der Waals surface area contributed by atoms with E-state index < -0.39 is 11.7 Å². The number of allylic oxidation sites excluding steroid dienone is 4. The fourth-order valence-electron chi connectivity index (χ4n) is 1.86. The summed E-state index contributed by atoms with van der Waals surface area (Å²) in [6.07, 6.45) is 0.179. The van der Waals surface area contributed by atoms with E-state index in [1.54, 1.807) is 13.0 Å². The Kier molecular flexibility index (Phi) is 5.39. The van der Waals surface area contributed by atoms with E-state index in [9.17, 15) is 13.2 Å². The molecule has 2 rings (SSSR count). The molecule has 1 aromatic heterocycles. The van der Waals surface area contributed by atoms with Crippen molar-refractivity contribution in [3.8, 4) is 11.8 Å². The monoisotopic (exact) mass is 346 g/mol. The number of nitrogens with one attached hydrogen (secondary N) is 1. The van der Waals surface area contributed by atoms with Crippen LogP contribution in [0.2, 0.25) is 0 Å². The van der Waals surface area contributed by atoms with Crippen LogP contribution in [0.1, 0.15) is 23.9 Å². The SMILES string of the molecule is C=C(/C=C\C(=C/C)Oc1cccc(C(F)(F)F)c1)c1n[nH]nc1C#N. The van der Waals surface area contributed by atoms with Gasteiger partial charge in [-0.1, -0.05) is 12.6 Å². The normalized spacial score (nSPS) is 12.2. The number of H-pyrrole nitrogens is 1. The summed E-state index contributed by atoms with van der Waals surface area (Å²) in [5, 5.41) is 18.7. The second-order valence-electron chi connectivity index (χ2n) is 4.81. The fourth-order valence-corrected chi connectivity index (χ4v) is 1.86. The third-order valence-corrected chi connectivity index (χ3v) is 3.09. The average Bonchev–Trinajstić information content (AvgIpc) is 3.06. The molecule has 0 spiro atoms. The molecule has 0 radical (unpaired) electrons. The number of hydrogen-bond acceptors (Lipinski definition) is 4. The molecule has 0 saturated heterocycles. The smallest absolute Gasteiger partial charge is 0.416 e. The first-order valence-corrected chi connectivity index (χ1v) is 7.04. The van der Waals surface area contributed by atoms with Gasteiger partial charge >= 0.3 is 6.18 Å². The fraction of sp³-hybridized carbons (Fsp3) is 0.118. The van der Waals surface area contributed by atoms with Crippen LogP contribution in [0.3, 0.4) is 0 Å². The Morgan fingerprint density at radius 1 is 1.32 bits per heavy atom. The van der Waals surface area contributed by atoms with Gasteiger partial charge in [0.05, 0.1) is 5.56 Å². The van der Waals surface area contributed by atoms with Crippen molar-refractivity contribution in [3.63, 3.8) is 0 Å². The van der Waals surface area contributed by atoms with Gasteiger partial charge in [-0.3, -0.25) is 0 Å². The highest BCUT2D eigenvalue weighted by Gasteiger charge is 2.30. The molecule has 0 fully saturated rings. The minimum atomic E-state index is -4.44. The van der Waals surface area contributed by atoms with Crippen molar-refractivity contribution in [2.24, 2.45) is 0 Å². The van der Waals surface area contributed by atoms with Gasteiger partial charge in [-0.25, -0.2) is 0 Å². The number of hydrogen-bond donors (Lipinski definition) is 1. The van der Waals surface area contributed by atoms with Crippen LogP contribution in [0.4, 0.5) is 13.2 Å². The lowest BCUT2D eigenvalue weighted by Crippen LogP contribution is -2.05. The van der Waals surface area contributed by atoms with E-state index in [-0.39, 0.29) is 17.1 Å². The van der Waals surface area contributed by atoms with Crippen molar-refractivity contribution in [1.29, 1.82) is 5.26 Å². The van der Waals surface area contributed by atoms with Crippen LogP contribution in [0.15, 0.2) is 54.8 Å². The quantitative estimate of drug-likeness (QED) is 0.649. The highest BCUT2D eigenvalue weighted by Crippen LogP contribution is 2.31. The maximum atomic E-state index is 12.7. The Bertz CT molecular complexity index is 873. The number of halogens is 3. The molecule has 0 aliphatic heterocycles. The highest BCUT2D eigenvalue weighted by molar-refractivity contribution is 5.72. The molecular formula is C17H13F3N4O. The van der Waals surface area contributed by atoms with Gasteiger partial charge in [-0.15, -0.1) is 5.10 Å². The van der Waals surface area contributed by atoms with Gasteiger partial charge in [0.15, 0.2) is 5.69 Å². The van der Waals surface area contributed by atoms with E-state index in [0.717, 1.165) is 12.1 Å². The highest BCUT2D eigenvalue weighted by atomic mass is 19.4. The first-order chi connectivity index (χ1) is 11.8. The van der Waals surface area contributed by atoms with E-state index >= 15 is 0 Å². The largest absolute Gasteiger partial charge is 0.458 e. The average molecular weight is 346 g/mol. The molecular weight excluding hydrogens is 333 g/mol. The van der Waals surface area contributed by atoms with Gasteiger partial charge < -0.3 is 4.74 Å². The molecule has 5 nitrogen and oxygen atoms in total. The van der Waals surface area contributed by atoms with Gasteiger partial charge in [-0.05, 0) is 48.9 Å². The summed E-state index contributed by atoms with van der Waals surface area (Å²) < 4.78 is 43.6. The lowest BCUT2D eigenvalue weighted by atomic mass is 10.1. The Labute approximate surface area is 141 Å². The van der Waals surface area contributed by atoms with Crippen LogP contribution >= 0.6 is 0 Å². The zero-order chi connectivity index (χ0) is 18.4. The van der Waals surface area contributed by atoms with Gasteiger partial charge in [0.25, 0.3) is 0 Å². The van der Waals surface area contributed by atoms with Crippen molar-refractivity contribution < 1.29 is 17.9 Å². The predicted octanol–water partition coefficient (Wildman–Crippen LogP) is 4.25. The number of ether oxygens (including phenoxy) is 1. The molecule has 8 heteroatoms. The minimum Gasteiger partial charge on any atom is -0.458 e. The first-order valence-electron chi connectivity index (χ1n) is 7.04. The topological polar surface area (TPSA) is 74.6 Å². The lowest BCUT2D eigenvalue weighted by molar-refractivity contribution is -0.137. The first kappa shape index (κ1) is 18.0. The Balaban J connectivity index is 2.14. The molecule has 0 amide bonds. The van der Waals surface area contributed by atoms with Gasteiger partial charge in [0, 0.05) is 0 Å². The summed E-state index contributed by atoms with van der Waals surface area (Å²) in [6, 6.07) is 6.44. The summed E-state index contributed by atoms with van der Waals surface area (Å²) in [5.74, 6) is 0.361. The van der Waals surface area contributed by atoms with E-state index in [1.165, 1.54) is 24.3 Å². The Morgan fingerprint density at radius 3 is 2.72 bits per heavy atom. The zero-order valence-electron chi connectivity index (χ0n) is 13.1. The van der Waals surface area contributed by atoms with Crippen LogP contribution in [-0.2, 0) is 6.18 Å². The summed E-state index contributed by atoms with van der Waals surface area (Å²) in [4.78, 5) is 0. The van der Waals surface area contributed by atoms with Crippen molar-refractivity contribution in [1.82, 2.24) is 15.4 Å². The number of aromatic nitrogens is 3. The maximum absolute atomic E-state index is 12.7. The molecule has 1 N–H and O–H groups in total. The molecule has 1 heterocycles. The molecule has 0 aliphatic rings. The number of benzene rings is 1. The van der Waals surface area contributed by atoms with Crippen molar-refractivity contribution in [3.05, 3.63) is 71.8 Å². The number of rotatable bonds is 5. The molecule has 0 aliphatic carbocycles. The molecule has 0 saturated carbocycles. The molecule has 25 heavy (non-hydrogen) atoms. The van der Waals surface area contributed by atoms with Crippen LogP contribution < -0.4 is 4.74 Å². The van der Waals surface area contributed by atoms with Crippen molar-refractivity contribution >= 4 is 5.57 Å². The van der Waals surface area contributed by atoms with E-state index in [2.05, 4.69) is 22.0 Å². The number of aromatic amines is 1. The summed E-state index contributed by atoms with van der Waals surface area (Å²) >= 11 is 0. The van der Waals surface area contributed by atoms with Gasteiger partial charge in [-0.2, -0.15) is 28.7 Å². The predicted molar refractivity (Wildman–Crippen MR) is 85.1 cm³/mol. The maximum Gasteiger partial charge on any atom is 0.416 e. The van der Waals surface area contributed by atoms with Crippen LogP contribution in [0.25, 0.3) is 5.57 Å². The Hall–Kier alpha value is -3.34. The van der Waals surface area contributed by atoms with Crippen molar-refractivity contribution in [2.45, 2.75) is 13.1 Å². The lowest BCUT2D eigenvalue weighted by Gasteiger charge is -2.10. The molecule has 0 unspecified atom stereocenters. The van der Waals surface area contributed by atoms with Gasteiger partial charge in [0.2, 0.25) is 0 Å². The molecule has 0 bridgehead atoms. The molecule has 0 atom stereocenters. The number of nitriles is 1. The zero-order valence-corrected chi connectivity index (χ0v) is 13.1. The van der Waals surface area contributed by atoms with Crippen molar-refractivity contribution in [2.75, 3.05) is 0 Å². The summed E-state index contributed by atoms with van der Waals surface area (Å²) in [6.45, 7) is 5.45. The van der Waals surface area contributed by atoms with Gasteiger partial charge in [0.1, 0.15) is 23.3 Å². The number of alkyl halides is 3. The molecule has 128 valence electrons. The summed E-state index contributed by atoms with van der Waals surface area (Å²) in [7, 11) is 0. The third kappa shape index (κ3) is 4.57. The third-order valence-electron chi connectivity index (χ3n) is 3.09. The second kappa shape index (κ2) is 7.49. The van der Waals surface area contributed by atoms with Crippen LogP contribution in [-0.4, -0.2) is 15.4 Å². The molecule has 2 aromatic rings. The van der Waals surface area contributed by atoms with E-state index in [4.69, 9.17) is 10.00 Å². The Morgan fingerprint density at radius 2 is 2.08 bits per heavy atom.